The summed E-state index contributed by atoms with van der Waals surface area (Å²) in [5, 5.41) is 7.04. The van der Waals surface area contributed by atoms with Crippen molar-refractivity contribution in [3.63, 3.8) is 0 Å². The first kappa shape index (κ1) is 14.6. The number of nitrogens with one attached hydrogen (secondary N) is 1. The van der Waals surface area contributed by atoms with Crippen LogP contribution in [0.4, 0.5) is 8.78 Å². The average molecular weight is 282 g/mol. The van der Waals surface area contributed by atoms with Crippen molar-refractivity contribution in [2.45, 2.75) is 19.5 Å². The molecule has 0 fully saturated rings. The summed E-state index contributed by atoms with van der Waals surface area (Å²) < 4.78 is 36.3. The molecule has 1 aromatic carbocycles. The molecule has 6 heteroatoms. The van der Waals surface area contributed by atoms with Crippen LogP contribution in [0, 0.1) is 18.6 Å². The predicted molar refractivity (Wildman–Crippen MR) is 69.1 cm³/mol. The van der Waals surface area contributed by atoms with E-state index in [1.54, 1.807) is 14.0 Å². The number of aromatic nitrogens is 1. The van der Waals surface area contributed by atoms with Gasteiger partial charge in [0, 0.05) is 19.7 Å². The van der Waals surface area contributed by atoms with Crippen LogP contribution in [0.3, 0.4) is 0 Å². The number of halogens is 2. The molecule has 0 amide bonds. The van der Waals surface area contributed by atoms with Crippen LogP contribution >= 0.6 is 0 Å². The lowest BCUT2D eigenvalue weighted by Gasteiger charge is -2.17. The lowest BCUT2D eigenvalue weighted by atomic mass is 10.1. The molecule has 0 aliphatic carbocycles. The van der Waals surface area contributed by atoms with Gasteiger partial charge in [0.05, 0.1) is 18.3 Å². The van der Waals surface area contributed by atoms with Crippen molar-refractivity contribution in [2.24, 2.45) is 0 Å². The average Bonchev–Trinajstić information content (AvgIpc) is 2.84. The minimum Gasteiger partial charge on any atom is -0.383 e. The third kappa shape index (κ3) is 3.61. The number of hydrogen-bond donors (Lipinski definition) is 1. The van der Waals surface area contributed by atoms with E-state index in [4.69, 9.17) is 9.26 Å². The van der Waals surface area contributed by atoms with Crippen LogP contribution in [-0.2, 0) is 11.3 Å². The summed E-state index contributed by atoms with van der Waals surface area (Å²) in [4.78, 5) is 0. The second kappa shape index (κ2) is 6.58. The van der Waals surface area contributed by atoms with E-state index in [1.807, 2.05) is 6.07 Å². The second-order valence-corrected chi connectivity index (χ2v) is 4.49. The molecule has 0 saturated carbocycles. The van der Waals surface area contributed by atoms with E-state index in [-0.39, 0.29) is 6.04 Å². The molecule has 0 bridgehead atoms. The standard InChI is InChI=1S/C14H16F2N2O2/c1-9-5-11(18-20-9)7-17-14(8-19-2)10-3-4-12(15)13(16)6-10/h3-6,14,17H,7-8H2,1-2H3. The first-order valence-corrected chi connectivity index (χ1v) is 6.19. The van der Waals surface area contributed by atoms with Crippen LogP contribution in [0.25, 0.3) is 0 Å². The lowest BCUT2D eigenvalue weighted by molar-refractivity contribution is 0.165. The van der Waals surface area contributed by atoms with Crippen LogP contribution < -0.4 is 5.32 Å². The van der Waals surface area contributed by atoms with Crippen molar-refractivity contribution in [1.82, 2.24) is 10.5 Å². The van der Waals surface area contributed by atoms with E-state index >= 15 is 0 Å². The van der Waals surface area contributed by atoms with Gasteiger partial charge in [-0.25, -0.2) is 8.78 Å². The largest absolute Gasteiger partial charge is 0.383 e. The maximum atomic E-state index is 13.3. The molecule has 1 unspecified atom stereocenters. The first-order chi connectivity index (χ1) is 9.60. The molecule has 1 N–H and O–H groups in total. The first-order valence-electron chi connectivity index (χ1n) is 6.19. The molecule has 0 aliphatic rings. The number of aryl methyl sites for hydroxylation is 1. The van der Waals surface area contributed by atoms with Crippen LogP contribution in [0.2, 0.25) is 0 Å². The Hall–Kier alpha value is -1.79. The quantitative estimate of drug-likeness (QED) is 0.885. The van der Waals surface area contributed by atoms with Gasteiger partial charge in [-0.1, -0.05) is 11.2 Å². The number of methoxy groups -OCH3 is 1. The van der Waals surface area contributed by atoms with Crippen LogP contribution in [0.15, 0.2) is 28.8 Å². The predicted octanol–water partition coefficient (Wildman–Crippen LogP) is 2.74. The van der Waals surface area contributed by atoms with Crippen molar-refractivity contribution in [2.75, 3.05) is 13.7 Å². The Morgan fingerprint density at radius 3 is 2.70 bits per heavy atom. The molecule has 0 spiro atoms. The third-order valence-electron chi connectivity index (χ3n) is 2.89. The van der Waals surface area contributed by atoms with E-state index in [1.165, 1.54) is 12.1 Å². The number of hydrogen-bond acceptors (Lipinski definition) is 4. The number of ether oxygens (including phenoxy) is 1. The highest BCUT2D eigenvalue weighted by atomic mass is 19.2. The Balaban J connectivity index is 2.07. The minimum atomic E-state index is -0.873. The van der Waals surface area contributed by atoms with Gasteiger partial charge >= 0.3 is 0 Å². The maximum Gasteiger partial charge on any atom is 0.159 e. The SMILES string of the molecule is COCC(NCc1cc(C)on1)c1ccc(F)c(F)c1. The van der Waals surface area contributed by atoms with E-state index in [0.29, 0.717) is 18.7 Å². The van der Waals surface area contributed by atoms with Gasteiger partial charge in [-0.05, 0) is 24.6 Å². The molecule has 20 heavy (non-hydrogen) atoms. The molecular formula is C14H16F2N2O2. The smallest absolute Gasteiger partial charge is 0.159 e. The molecule has 108 valence electrons. The highest BCUT2D eigenvalue weighted by Crippen LogP contribution is 2.17. The van der Waals surface area contributed by atoms with Crippen molar-refractivity contribution in [3.8, 4) is 0 Å². The fraction of sp³-hybridized carbons (Fsp3) is 0.357. The van der Waals surface area contributed by atoms with Gasteiger partial charge in [0.15, 0.2) is 11.6 Å². The highest BCUT2D eigenvalue weighted by Gasteiger charge is 2.14. The zero-order chi connectivity index (χ0) is 14.5. The summed E-state index contributed by atoms with van der Waals surface area (Å²) >= 11 is 0. The van der Waals surface area contributed by atoms with Crippen molar-refractivity contribution in [3.05, 3.63) is 52.9 Å². The monoisotopic (exact) mass is 282 g/mol. The Labute approximate surface area is 115 Å². The summed E-state index contributed by atoms with van der Waals surface area (Å²) in [6, 6.07) is 5.35. The van der Waals surface area contributed by atoms with Gasteiger partial charge in [0.1, 0.15) is 5.76 Å². The summed E-state index contributed by atoms with van der Waals surface area (Å²) in [6.07, 6.45) is 0. The van der Waals surface area contributed by atoms with Crippen LogP contribution in [0.5, 0.6) is 0 Å². The van der Waals surface area contributed by atoms with Gasteiger partial charge in [-0.3, -0.25) is 0 Å². The van der Waals surface area contributed by atoms with Gasteiger partial charge < -0.3 is 14.6 Å². The summed E-state index contributed by atoms with van der Waals surface area (Å²) in [5.41, 5.74) is 1.36. The fourth-order valence-electron chi connectivity index (χ4n) is 1.90. The normalized spacial score (nSPS) is 12.6. The molecule has 0 saturated heterocycles. The highest BCUT2D eigenvalue weighted by molar-refractivity contribution is 5.21. The van der Waals surface area contributed by atoms with Gasteiger partial charge in [-0.15, -0.1) is 0 Å². The minimum absolute atomic E-state index is 0.257. The molecule has 1 atom stereocenters. The molecule has 1 aromatic heterocycles. The Kier molecular flexibility index (Phi) is 4.81. The summed E-state index contributed by atoms with van der Waals surface area (Å²) in [6.45, 7) is 2.59. The summed E-state index contributed by atoms with van der Waals surface area (Å²) in [5.74, 6) is -1.02. The number of nitrogens with zero attached hydrogens (tertiary/aromatic N) is 1. The lowest BCUT2D eigenvalue weighted by Crippen LogP contribution is -2.25. The third-order valence-corrected chi connectivity index (χ3v) is 2.89. The van der Waals surface area contributed by atoms with Crippen LogP contribution in [0.1, 0.15) is 23.1 Å². The van der Waals surface area contributed by atoms with E-state index < -0.39 is 11.6 Å². The van der Waals surface area contributed by atoms with E-state index in [0.717, 1.165) is 17.5 Å². The zero-order valence-corrected chi connectivity index (χ0v) is 11.3. The van der Waals surface area contributed by atoms with Crippen LogP contribution in [-0.4, -0.2) is 18.9 Å². The Morgan fingerprint density at radius 2 is 2.10 bits per heavy atom. The molecular weight excluding hydrogens is 266 g/mol. The second-order valence-electron chi connectivity index (χ2n) is 4.49. The topological polar surface area (TPSA) is 47.3 Å². The molecule has 1 heterocycles. The maximum absolute atomic E-state index is 13.3. The van der Waals surface area contributed by atoms with Crippen molar-refractivity contribution >= 4 is 0 Å². The van der Waals surface area contributed by atoms with Gasteiger partial charge in [-0.2, -0.15) is 0 Å². The Bertz CT molecular complexity index is 572. The number of benzene rings is 1. The molecule has 2 aromatic rings. The van der Waals surface area contributed by atoms with Gasteiger partial charge in [0.2, 0.25) is 0 Å². The number of rotatable bonds is 6. The van der Waals surface area contributed by atoms with E-state index in [2.05, 4.69) is 10.5 Å². The van der Waals surface area contributed by atoms with E-state index in [9.17, 15) is 8.78 Å². The zero-order valence-electron chi connectivity index (χ0n) is 11.3. The van der Waals surface area contributed by atoms with Crippen molar-refractivity contribution < 1.29 is 18.0 Å². The fourth-order valence-corrected chi connectivity index (χ4v) is 1.90. The van der Waals surface area contributed by atoms with Crippen molar-refractivity contribution in [1.29, 1.82) is 0 Å². The molecule has 0 radical (unpaired) electrons. The molecule has 2 rings (SSSR count). The summed E-state index contributed by atoms with van der Waals surface area (Å²) in [7, 11) is 1.55. The van der Waals surface area contributed by atoms with Gasteiger partial charge in [0.25, 0.3) is 0 Å². The molecule has 4 nitrogen and oxygen atoms in total. The molecule has 0 aliphatic heterocycles. The Morgan fingerprint density at radius 1 is 1.30 bits per heavy atom.